The Morgan fingerprint density at radius 2 is 1.69 bits per heavy atom. The third-order valence-electron chi connectivity index (χ3n) is 5.81. The normalized spacial score (nSPS) is 15.0. The molecule has 0 spiro atoms. The van der Waals surface area contributed by atoms with Crippen molar-refractivity contribution < 1.29 is 39.3 Å². The van der Waals surface area contributed by atoms with Gasteiger partial charge in [-0.25, -0.2) is 0 Å². The lowest BCUT2D eigenvalue weighted by Gasteiger charge is -2.26. The second kappa shape index (κ2) is 7.76. The molecule has 0 amide bonds. The maximum absolute atomic E-state index is 13.1. The van der Waals surface area contributed by atoms with E-state index >= 15 is 0 Å². The number of aromatic hydroxyl groups is 4. The summed E-state index contributed by atoms with van der Waals surface area (Å²) in [4.78, 5) is 36.5. The van der Waals surface area contributed by atoms with Gasteiger partial charge in [0.15, 0.2) is 17.3 Å². The summed E-state index contributed by atoms with van der Waals surface area (Å²) in [7, 11) is 0. The van der Waals surface area contributed by atoms with Crippen LogP contribution in [0.1, 0.15) is 23.5 Å². The van der Waals surface area contributed by atoms with Gasteiger partial charge in [-0.3, -0.25) is 19.7 Å². The molecule has 0 fully saturated rings. The molecule has 5 rings (SSSR count). The van der Waals surface area contributed by atoms with Crippen LogP contribution in [0.25, 0.3) is 22.3 Å². The van der Waals surface area contributed by atoms with E-state index in [9.17, 15) is 40.1 Å². The molecule has 35 heavy (non-hydrogen) atoms. The predicted octanol–water partition coefficient (Wildman–Crippen LogP) is 3.63. The number of phenols is 3. The summed E-state index contributed by atoms with van der Waals surface area (Å²) in [6.07, 6.45) is -0.322. The minimum absolute atomic E-state index is 0.0175. The van der Waals surface area contributed by atoms with Gasteiger partial charge < -0.3 is 29.6 Å². The molecule has 0 radical (unpaired) electrons. The molecule has 1 aliphatic rings. The molecular formula is C24H15NO10. The Kier molecular flexibility index (Phi) is 4.83. The van der Waals surface area contributed by atoms with E-state index in [1.807, 2.05) is 0 Å². The molecule has 11 nitrogen and oxygen atoms in total. The van der Waals surface area contributed by atoms with E-state index in [1.54, 1.807) is 6.07 Å². The number of rotatable bonds is 3. The standard InChI is InChI=1S/C24H15NO10/c26-14-6-5-10(7-15(14)27)23-22(31)21(30)20-16(28)9-17-19(24(20)35-23)12(8-18(29)34-17)11-3-1-2-4-13(11)25(32)33/h1-7,9,12,26-28,31H,8H2. The molecule has 1 aliphatic heterocycles. The average molecular weight is 477 g/mol. The van der Waals surface area contributed by atoms with Crippen molar-refractivity contribution in [1.82, 2.24) is 0 Å². The van der Waals surface area contributed by atoms with Crippen molar-refractivity contribution >= 4 is 22.6 Å². The quantitative estimate of drug-likeness (QED) is 0.112. The van der Waals surface area contributed by atoms with Crippen molar-refractivity contribution in [3.05, 3.63) is 80.0 Å². The van der Waals surface area contributed by atoms with Gasteiger partial charge in [0.25, 0.3) is 5.69 Å². The Balaban J connectivity index is 1.88. The minimum atomic E-state index is -1.02. The Morgan fingerprint density at radius 3 is 2.40 bits per heavy atom. The Hall–Kier alpha value is -5.06. The number of hydrogen-bond donors (Lipinski definition) is 4. The largest absolute Gasteiger partial charge is 0.507 e. The molecular weight excluding hydrogens is 462 g/mol. The fourth-order valence-electron chi connectivity index (χ4n) is 4.26. The van der Waals surface area contributed by atoms with Crippen molar-refractivity contribution in [1.29, 1.82) is 0 Å². The average Bonchev–Trinajstić information content (AvgIpc) is 2.82. The molecule has 2 heterocycles. The number of para-hydroxylation sites is 1. The lowest BCUT2D eigenvalue weighted by molar-refractivity contribution is -0.385. The highest BCUT2D eigenvalue weighted by molar-refractivity contribution is 5.94. The molecule has 176 valence electrons. The number of carbonyl (C=O) groups excluding carboxylic acids is 1. The molecule has 1 aromatic heterocycles. The van der Waals surface area contributed by atoms with E-state index in [4.69, 9.17) is 9.15 Å². The summed E-state index contributed by atoms with van der Waals surface area (Å²) < 4.78 is 11.1. The van der Waals surface area contributed by atoms with Crippen LogP contribution in [-0.2, 0) is 4.79 Å². The first-order chi connectivity index (χ1) is 16.7. The summed E-state index contributed by atoms with van der Waals surface area (Å²) in [5.74, 6) is -4.78. The second-order valence-electron chi connectivity index (χ2n) is 7.87. The molecule has 1 atom stereocenters. The zero-order valence-corrected chi connectivity index (χ0v) is 17.6. The summed E-state index contributed by atoms with van der Waals surface area (Å²) >= 11 is 0. The number of hydrogen-bond acceptors (Lipinski definition) is 10. The lowest BCUT2D eigenvalue weighted by atomic mass is 9.84. The highest BCUT2D eigenvalue weighted by Crippen LogP contribution is 2.48. The Labute approximate surface area is 194 Å². The van der Waals surface area contributed by atoms with E-state index in [1.165, 1.54) is 24.3 Å². The third-order valence-corrected chi connectivity index (χ3v) is 5.81. The predicted molar refractivity (Wildman–Crippen MR) is 120 cm³/mol. The highest BCUT2D eigenvalue weighted by Gasteiger charge is 2.37. The number of esters is 1. The fraction of sp³-hybridized carbons (Fsp3) is 0.0833. The molecule has 0 aliphatic carbocycles. The third kappa shape index (κ3) is 3.37. The number of nitro benzene ring substituents is 1. The van der Waals surface area contributed by atoms with E-state index in [0.717, 1.165) is 18.2 Å². The van der Waals surface area contributed by atoms with Gasteiger partial charge in [-0.1, -0.05) is 18.2 Å². The van der Waals surface area contributed by atoms with Crippen LogP contribution < -0.4 is 10.2 Å². The van der Waals surface area contributed by atoms with Crippen molar-refractivity contribution in [2.75, 3.05) is 0 Å². The van der Waals surface area contributed by atoms with Gasteiger partial charge in [-0.2, -0.15) is 0 Å². The molecule has 1 unspecified atom stereocenters. The van der Waals surface area contributed by atoms with Crippen molar-refractivity contribution in [2.45, 2.75) is 12.3 Å². The maximum Gasteiger partial charge on any atom is 0.312 e. The molecule has 3 aromatic carbocycles. The van der Waals surface area contributed by atoms with Crippen LogP contribution in [-0.4, -0.2) is 31.3 Å². The Bertz CT molecular complexity index is 1620. The van der Waals surface area contributed by atoms with Gasteiger partial charge in [-0.05, 0) is 18.2 Å². The van der Waals surface area contributed by atoms with E-state index in [2.05, 4.69) is 0 Å². The number of phenolic OH excluding ortho intramolecular Hbond substituents is 3. The summed E-state index contributed by atoms with van der Waals surface area (Å²) in [6.45, 7) is 0. The van der Waals surface area contributed by atoms with Crippen LogP contribution in [0.15, 0.2) is 57.7 Å². The van der Waals surface area contributed by atoms with E-state index in [-0.39, 0.29) is 40.1 Å². The van der Waals surface area contributed by atoms with E-state index < -0.39 is 56.4 Å². The first-order valence-corrected chi connectivity index (χ1v) is 10.2. The number of benzene rings is 3. The van der Waals surface area contributed by atoms with Gasteiger partial charge >= 0.3 is 5.97 Å². The molecule has 4 aromatic rings. The minimum Gasteiger partial charge on any atom is -0.507 e. The van der Waals surface area contributed by atoms with Gasteiger partial charge in [0.05, 0.1) is 11.3 Å². The van der Waals surface area contributed by atoms with Gasteiger partial charge in [0.2, 0.25) is 11.2 Å². The monoisotopic (exact) mass is 477 g/mol. The molecule has 0 saturated carbocycles. The number of ether oxygens (including phenoxy) is 1. The van der Waals surface area contributed by atoms with Crippen LogP contribution in [0.2, 0.25) is 0 Å². The lowest BCUT2D eigenvalue weighted by Crippen LogP contribution is -2.22. The van der Waals surface area contributed by atoms with Gasteiger partial charge in [-0.15, -0.1) is 0 Å². The Morgan fingerprint density at radius 1 is 0.943 bits per heavy atom. The topological polar surface area (TPSA) is 181 Å². The first-order valence-electron chi connectivity index (χ1n) is 10.2. The van der Waals surface area contributed by atoms with Gasteiger partial charge in [0.1, 0.15) is 22.5 Å². The second-order valence-corrected chi connectivity index (χ2v) is 7.87. The van der Waals surface area contributed by atoms with Crippen LogP contribution in [0.5, 0.6) is 28.7 Å². The van der Waals surface area contributed by atoms with Crippen LogP contribution in [0, 0.1) is 10.1 Å². The first kappa shape index (κ1) is 21.8. The van der Waals surface area contributed by atoms with Gasteiger partial charge in [0, 0.05) is 34.7 Å². The summed E-state index contributed by atoms with van der Waals surface area (Å²) in [6, 6.07) is 10.2. The molecule has 0 saturated heterocycles. The van der Waals surface area contributed by atoms with Crippen molar-refractivity contribution in [3.8, 4) is 40.1 Å². The van der Waals surface area contributed by atoms with Crippen LogP contribution >= 0.6 is 0 Å². The fourth-order valence-corrected chi connectivity index (χ4v) is 4.26. The van der Waals surface area contributed by atoms with Crippen molar-refractivity contribution in [3.63, 3.8) is 0 Å². The van der Waals surface area contributed by atoms with Crippen molar-refractivity contribution in [2.24, 2.45) is 0 Å². The van der Waals surface area contributed by atoms with E-state index in [0.29, 0.717) is 0 Å². The number of nitro groups is 1. The number of fused-ring (bicyclic) bond motifs is 3. The van der Waals surface area contributed by atoms with Crippen LogP contribution in [0.3, 0.4) is 0 Å². The molecule has 4 N–H and O–H groups in total. The SMILES string of the molecule is O=C1CC(c2ccccc2[N+](=O)[O-])c2c(cc(O)c3c(=O)c(O)c(-c4ccc(O)c(O)c4)oc23)O1. The van der Waals surface area contributed by atoms with Crippen LogP contribution in [0.4, 0.5) is 5.69 Å². The highest BCUT2D eigenvalue weighted by atomic mass is 16.6. The molecule has 0 bridgehead atoms. The maximum atomic E-state index is 13.1. The summed E-state index contributed by atoms with van der Waals surface area (Å²) in [5.41, 5.74) is -1.29. The zero-order chi connectivity index (χ0) is 25.0. The molecule has 11 heteroatoms. The smallest absolute Gasteiger partial charge is 0.312 e. The number of carbonyl (C=O) groups is 1. The number of nitrogens with zero attached hydrogens (tertiary/aromatic N) is 1. The zero-order valence-electron chi connectivity index (χ0n) is 17.6. The summed E-state index contributed by atoms with van der Waals surface area (Å²) in [5, 5.41) is 51.8.